The minimum absolute atomic E-state index is 0.655. The molecule has 4 heteroatoms. The molecule has 0 spiro atoms. The lowest BCUT2D eigenvalue weighted by atomic mass is 9.94. The lowest BCUT2D eigenvalue weighted by Gasteiger charge is -2.13. The molecule has 2 heterocycles. The van der Waals surface area contributed by atoms with Crippen LogP contribution in [0.4, 0.5) is 0 Å². The van der Waals surface area contributed by atoms with E-state index in [0.717, 1.165) is 81.0 Å². The van der Waals surface area contributed by atoms with Gasteiger partial charge in [-0.15, -0.1) is 0 Å². The van der Waals surface area contributed by atoms with Crippen molar-refractivity contribution in [2.24, 2.45) is 0 Å². The van der Waals surface area contributed by atoms with E-state index < -0.39 is 0 Å². The van der Waals surface area contributed by atoms with Gasteiger partial charge in [0.05, 0.1) is 11.0 Å². The van der Waals surface area contributed by atoms with Gasteiger partial charge in [-0.3, -0.25) is 0 Å². The van der Waals surface area contributed by atoms with Crippen molar-refractivity contribution in [1.29, 1.82) is 0 Å². The number of rotatable bonds is 8. The van der Waals surface area contributed by atoms with Crippen LogP contribution in [-0.2, 0) is 0 Å². The lowest BCUT2D eigenvalue weighted by molar-refractivity contribution is 1.01. The molecule has 0 bridgehead atoms. The summed E-state index contributed by atoms with van der Waals surface area (Å²) in [5.41, 5.74) is 16.1. The quantitative estimate of drug-likeness (QED) is 0.154. The van der Waals surface area contributed by atoms with Crippen LogP contribution in [0.25, 0.3) is 94.8 Å². The lowest BCUT2D eigenvalue weighted by Crippen LogP contribution is -2.03. The molecule has 0 radical (unpaired) electrons. The molecule has 2 aliphatic carbocycles. The second-order valence-electron chi connectivity index (χ2n) is 15.8. The second kappa shape index (κ2) is 15.8. The number of hydrogen-bond donors (Lipinski definition) is 0. The van der Waals surface area contributed by atoms with Crippen LogP contribution in [-0.4, -0.2) is 19.5 Å². The molecular weight excluding hydrogens is 741 g/mol. The first-order chi connectivity index (χ1) is 30.2. The molecule has 0 N–H and O–H groups in total. The van der Waals surface area contributed by atoms with Gasteiger partial charge in [0.1, 0.15) is 0 Å². The summed E-state index contributed by atoms with van der Waals surface area (Å²) in [5.74, 6) is 2.00. The smallest absolute Gasteiger partial charge is 0.164 e. The third-order valence-corrected chi connectivity index (χ3v) is 12.0. The molecule has 0 saturated heterocycles. The average molecular weight is 783 g/mol. The number of benzene rings is 7. The molecule has 0 amide bonds. The highest BCUT2D eigenvalue weighted by molar-refractivity contribution is 6.15. The molecule has 0 fully saturated rings. The van der Waals surface area contributed by atoms with Gasteiger partial charge in [-0.1, -0.05) is 176 Å². The standard InChI is InChI=1S/C57H42N4/c1-4-14-39(15-5-1)41-26-28-42(29-27-41)43-30-32-46(33-31-43)56-58-55(45-18-8-3-9-19-45)59-57(60-56)51-23-13-25-53-54(51)50-22-10-11-24-52(50)61(53)49-36-34-44(35-37-49)48-21-12-20-47(38-48)40-16-6-2-7-17-40/h1-2,4-6,8,10-16,18-38H,3,7,9,17H2. The molecule has 9 aromatic rings. The Balaban J connectivity index is 0.983. The van der Waals surface area contributed by atoms with Gasteiger partial charge in [0, 0.05) is 33.2 Å². The Morgan fingerprint density at radius 2 is 1.03 bits per heavy atom. The van der Waals surface area contributed by atoms with E-state index in [9.17, 15) is 0 Å². The first kappa shape index (κ1) is 36.4. The Morgan fingerprint density at radius 1 is 0.426 bits per heavy atom. The molecule has 0 saturated carbocycles. The predicted molar refractivity (Wildman–Crippen MR) is 254 cm³/mol. The molecule has 11 rings (SSSR count). The Bertz CT molecular complexity index is 3200. The van der Waals surface area contributed by atoms with E-state index >= 15 is 0 Å². The van der Waals surface area contributed by atoms with Crippen LogP contribution in [0.15, 0.2) is 206 Å². The highest BCUT2D eigenvalue weighted by atomic mass is 15.0. The highest BCUT2D eigenvalue weighted by Crippen LogP contribution is 2.39. The van der Waals surface area contributed by atoms with Crippen LogP contribution in [0.2, 0.25) is 0 Å². The zero-order chi connectivity index (χ0) is 40.5. The molecule has 0 aliphatic heterocycles. The van der Waals surface area contributed by atoms with Crippen LogP contribution < -0.4 is 0 Å². The summed E-state index contributed by atoms with van der Waals surface area (Å²) in [5, 5.41) is 2.28. The van der Waals surface area contributed by atoms with E-state index in [2.05, 4.69) is 211 Å². The van der Waals surface area contributed by atoms with Crippen molar-refractivity contribution in [2.75, 3.05) is 0 Å². The molecule has 4 nitrogen and oxygen atoms in total. The van der Waals surface area contributed by atoms with Crippen LogP contribution in [0.3, 0.4) is 0 Å². The third kappa shape index (κ3) is 7.02. The van der Waals surface area contributed by atoms with Gasteiger partial charge in [-0.2, -0.15) is 0 Å². The number of fused-ring (bicyclic) bond motifs is 3. The topological polar surface area (TPSA) is 43.6 Å². The van der Waals surface area contributed by atoms with E-state index in [-0.39, 0.29) is 0 Å². The van der Waals surface area contributed by atoms with Gasteiger partial charge in [0.15, 0.2) is 17.5 Å². The summed E-state index contributed by atoms with van der Waals surface area (Å²) in [6.07, 6.45) is 17.4. The molecule has 61 heavy (non-hydrogen) atoms. The Kier molecular flexibility index (Phi) is 9.44. The molecule has 0 atom stereocenters. The SMILES string of the molecule is C1=CCCC(c2cccc(-c3ccc(-n4c5ccccc5c5c(-c6nc(C7=CCCC=C7)nc(-c7ccc(-c8ccc(-c9ccccc9)cc8)cc7)n6)cccc54)cc3)c2)=C1. The maximum absolute atomic E-state index is 5.25. The first-order valence-electron chi connectivity index (χ1n) is 21.2. The fourth-order valence-electron chi connectivity index (χ4n) is 8.86. The Morgan fingerprint density at radius 3 is 1.77 bits per heavy atom. The largest absolute Gasteiger partial charge is 0.309 e. The van der Waals surface area contributed by atoms with E-state index in [1.807, 2.05) is 0 Å². The zero-order valence-electron chi connectivity index (χ0n) is 33.7. The van der Waals surface area contributed by atoms with Gasteiger partial charge in [-0.25, -0.2) is 15.0 Å². The average Bonchev–Trinajstić information content (AvgIpc) is 3.69. The van der Waals surface area contributed by atoms with Crippen molar-refractivity contribution in [3.63, 3.8) is 0 Å². The summed E-state index contributed by atoms with van der Waals surface area (Å²) < 4.78 is 2.37. The summed E-state index contributed by atoms with van der Waals surface area (Å²) in [4.78, 5) is 15.6. The first-order valence-corrected chi connectivity index (χ1v) is 21.2. The van der Waals surface area contributed by atoms with Gasteiger partial charge in [0.25, 0.3) is 0 Å². The molecule has 0 unspecified atom stereocenters. The van der Waals surface area contributed by atoms with Crippen molar-refractivity contribution in [3.8, 4) is 61.8 Å². The van der Waals surface area contributed by atoms with Gasteiger partial charge in [-0.05, 0) is 101 Å². The summed E-state index contributed by atoms with van der Waals surface area (Å²) in [6.45, 7) is 0. The van der Waals surface area contributed by atoms with E-state index in [1.165, 1.54) is 33.4 Å². The van der Waals surface area contributed by atoms with E-state index in [4.69, 9.17) is 15.0 Å². The Labute approximate surface area is 356 Å². The summed E-state index contributed by atoms with van der Waals surface area (Å²) in [6, 6.07) is 60.9. The minimum Gasteiger partial charge on any atom is -0.309 e. The van der Waals surface area contributed by atoms with Gasteiger partial charge in [0.2, 0.25) is 0 Å². The maximum Gasteiger partial charge on any atom is 0.164 e. The number of hydrogen-bond acceptors (Lipinski definition) is 3. The minimum atomic E-state index is 0.655. The third-order valence-electron chi connectivity index (χ3n) is 12.0. The molecule has 2 aliphatic rings. The van der Waals surface area contributed by atoms with Crippen LogP contribution in [0, 0.1) is 0 Å². The highest BCUT2D eigenvalue weighted by Gasteiger charge is 2.20. The number of allylic oxidation sites excluding steroid dienone is 8. The molecule has 7 aromatic carbocycles. The molecular formula is C57H42N4. The van der Waals surface area contributed by atoms with Gasteiger partial charge >= 0.3 is 0 Å². The predicted octanol–water partition coefficient (Wildman–Crippen LogP) is 14.8. The van der Waals surface area contributed by atoms with Crippen molar-refractivity contribution in [1.82, 2.24) is 19.5 Å². The van der Waals surface area contributed by atoms with Gasteiger partial charge < -0.3 is 4.57 Å². The van der Waals surface area contributed by atoms with Crippen molar-refractivity contribution >= 4 is 33.0 Å². The maximum atomic E-state index is 5.25. The number of aromatic nitrogens is 4. The van der Waals surface area contributed by atoms with Crippen molar-refractivity contribution in [3.05, 3.63) is 218 Å². The second-order valence-corrected chi connectivity index (χ2v) is 15.8. The van der Waals surface area contributed by atoms with E-state index in [0.29, 0.717) is 17.5 Å². The monoisotopic (exact) mass is 782 g/mol. The van der Waals surface area contributed by atoms with Crippen LogP contribution >= 0.6 is 0 Å². The number of nitrogens with zero attached hydrogens (tertiary/aromatic N) is 4. The molecule has 290 valence electrons. The van der Waals surface area contributed by atoms with Crippen molar-refractivity contribution < 1.29 is 0 Å². The fraction of sp³-hybridized carbons (Fsp3) is 0.0702. The van der Waals surface area contributed by atoms with Crippen molar-refractivity contribution in [2.45, 2.75) is 25.7 Å². The van der Waals surface area contributed by atoms with E-state index in [1.54, 1.807) is 0 Å². The normalized spacial score (nSPS) is 13.7. The zero-order valence-corrected chi connectivity index (χ0v) is 33.7. The van der Waals surface area contributed by atoms with Crippen LogP contribution in [0.1, 0.15) is 37.1 Å². The number of para-hydroxylation sites is 1. The summed E-state index contributed by atoms with van der Waals surface area (Å²) in [7, 11) is 0. The molecule has 2 aromatic heterocycles. The van der Waals surface area contributed by atoms with Crippen LogP contribution in [0.5, 0.6) is 0 Å². The summed E-state index contributed by atoms with van der Waals surface area (Å²) >= 11 is 0. The fourth-order valence-corrected chi connectivity index (χ4v) is 8.86. The Hall–Kier alpha value is -7.69.